The Morgan fingerprint density at radius 2 is 1.11 bits per heavy atom. The molecule has 2 aromatic heterocycles. The van der Waals surface area contributed by atoms with Gasteiger partial charge in [0.15, 0.2) is 0 Å². The number of hydrogen-bond donors (Lipinski definition) is 0. The van der Waals surface area contributed by atoms with Gasteiger partial charge < -0.3 is 4.74 Å². The molecular formula is C57H47N3OSi. The molecule has 12 rings (SSSR count). The first-order valence-electron chi connectivity index (χ1n) is 24.3. The van der Waals surface area contributed by atoms with E-state index in [1.807, 2.05) is 59.2 Å². The molecule has 0 unspecified atom stereocenters. The zero-order valence-electron chi connectivity index (χ0n) is 41.3. The number of aryl methyl sites for hydroxylation is 1. The summed E-state index contributed by atoms with van der Waals surface area (Å²) in [5.41, 5.74) is 14.4. The van der Waals surface area contributed by atoms with Crippen LogP contribution in [0.2, 0.25) is 13.1 Å². The van der Waals surface area contributed by atoms with Gasteiger partial charge in [0.25, 0.3) is 0 Å². The monoisotopic (exact) mass is 823 g/mol. The first-order valence-corrected chi connectivity index (χ1v) is 24.3. The van der Waals surface area contributed by atoms with E-state index in [9.17, 15) is 4.11 Å². The van der Waals surface area contributed by atoms with Gasteiger partial charge in [0.2, 0.25) is 5.78 Å². The predicted molar refractivity (Wildman–Crippen MR) is 262 cm³/mol. The van der Waals surface area contributed by atoms with Crippen LogP contribution in [-0.2, 0) is 5.41 Å². The van der Waals surface area contributed by atoms with Crippen LogP contribution in [0.3, 0.4) is 0 Å². The molecule has 4 nitrogen and oxygen atoms in total. The minimum Gasteiger partial charge on any atom is -0.457 e. The average Bonchev–Trinajstić information content (AvgIpc) is 3.84. The minimum atomic E-state index is -2.86. The van der Waals surface area contributed by atoms with Crippen molar-refractivity contribution in [2.75, 3.05) is 0 Å². The summed E-state index contributed by atoms with van der Waals surface area (Å²) in [7, 11) is -2.86. The Bertz CT molecular complexity index is 3780. The molecule has 0 atom stereocenters. The van der Waals surface area contributed by atoms with Crippen LogP contribution in [0, 0.1) is 13.7 Å². The summed E-state index contributed by atoms with van der Waals surface area (Å²) in [5, 5.41) is 1.84. The average molecular weight is 824 g/mol. The Morgan fingerprint density at radius 3 is 1.73 bits per heavy atom. The molecule has 10 aromatic rings. The first kappa shape index (κ1) is 31.0. The van der Waals surface area contributed by atoms with Crippen molar-refractivity contribution < 1.29 is 13.0 Å². The Balaban J connectivity index is 1.28. The Labute approximate surface area is 372 Å². The van der Waals surface area contributed by atoms with Crippen molar-refractivity contribution in [3.63, 3.8) is 0 Å². The molecule has 0 bridgehead atoms. The number of hydrogen-bond acceptors (Lipinski definition) is 2. The lowest BCUT2D eigenvalue weighted by Gasteiger charge is -2.37. The fourth-order valence-electron chi connectivity index (χ4n) is 10.4. The van der Waals surface area contributed by atoms with Crippen LogP contribution in [0.5, 0.6) is 11.5 Å². The van der Waals surface area contributed by atoms with Gasteiger partial charge in [-0.3, -0.25) is 8.97 Å². The molecule has 5 heteroatoms. The molecule has 0 N–H and O–H groups in total. The van der Waals surface area contributed by atoms with E-state index < -0.39 is 27.2 Å². The molecule has 2 aliphatic rings. The maximum atomic E-state index is 9.75. The second-order valence-electron chi connectivity index (χ2n) is 18.4. The van der Waals surface area contributed by atoms with E-state index in [0.717, 1.165) is 88.1 Å². The zero-order valence-corrected chi connectivity index (χ0v) is 36.3. The van der Waals surface area contributed by atoms with Crippen LogP contribution in [0.1, 0.15) is 45.7 Å². The highest BCUT2D eigenvalue weighted by atomic mass is 28.3. The highest BCUT2D eigenvalue weighted by Crippen LogP contribution is 2.53. The molecule has 62 heavy (non-hydrogen) atoms. The van der Waals surface area contributed by atoms with Gasteiger partial charge in [-0.1, -0.05) is 143 Å². The topological polar surface area (TPSA) is 31.5 Å². The van der Waals surface area contributed by atoms with Crippen molar-refractivity contribution in [3.05, 3.63) is 174 Å². The van der Waals surface area contributed by atoms with Crippen LogP contribution in [0.15, 0.2) is 158 Å². The van der Waals surface area contributed by atoms with Gasteiger partial charge in [0.05, 0.1) is 27.8 Å². The molecule has 0 spiro atoms. The van der Waals surface area contributed by atoms with Crippen LogP contribution in [-0.4, -0.2) is 22.0 Å². The van der Waals surface area contributed by atoms with Crippen molar-refractivity contribution >= 4 is 46.3 Å². The van der Waals surface area contributed by atoms with E-state index >= 15 is 0 Å². The van der Waals surface area contributed by atoms with E-state index in [-0.39, 0.29) is 11.1 Å². The number of ether oxygens (including phenoxy) is 1. The maximum Gasteiger partial charge on any atom is 0.220 e. The van der Waals surface area contributed by atoms with Crippen LogP contribution in [0.4, 0.5) is 0 Å². The smallest absolute Gasteiger partial charge is 0.220 e. The Kier molecular flexibility index (Phi) is 6.51. The summed E-state index contributed by atoms with van der Waals surface area (Å²) in [6.45, 7) is 5.94. The molecule has 0 saturated heterocycles. The number of nitrogens with zero attached hydrogens (tertiary/aromatic N) is 3. The van der Waals surface area contributed by atoms with E-state index in [2.05, 4.69) is 129 Å². The molecule has 3 heterocycles. The number of aromatic nitrogens is 3. The van der Waals surface area contributed by atoms with Crippen LogP contribution < -0.4 is 15.1 Å². The van der Waals surface area contributed by atoms with E-state index in [1.165, 1.54) is 0 Å². The van der Waals surface area contributed by atoms with Crippen LogP contribution in [0.25, 0.3) is 89.2 Å². The third-order valence-corrected chi connectivity index (χ3v) is 16.8. The standard InChI is InChI=1S/C57H47N3OSi/c1-34-28-29-52-51(30-34)61-55-53(62(52,6)7)33-50(60-49-27-17-16-26-48(49)59-47-25-15-14-24-46(47)58-56(59)60)35(2)54(55)44-31-42-40-22-12-10-20-38(40)36-18-8-9-19-37(36)39-21-11-13-23-41(39)43(42)32-45(44)57(3,4)5/h8-33H,1-7H3/i1D3,2D3. The van der Waals surface area contributed by atoms with Gasteiger partial charge in [-0.05, 0) is 145 Å². The lowest BCUT2D eigenvalue weighted by molar-refractivity contribution is 0.487. The lowest BCUT2D eigenvalue weighted by Crippen LogP contribution is -2.56. The summed E-state index contributed by atoms with van der Waals surface area (Å²) >= 11 is 0. The number of benzene rings is 8. The molecule has 8 aromatic carbocycles. The number of para-hydroxylation sites is 4. The third-order valence-electron chi connectivity index (χ3n) is 13.3. The summed E-state index contributed by atoms with van der Waals surface area (Å²) in [5.74, 6) is 1.49. The summed E-state index contributed by atoms with van der Waals surface area (Å²) < 4.78 is 65.8. The normalized spacial score (nSPS) is 15.5. The van der Waals surface area contributed by atoms with Crippen molar-refractivity contribution in [2.45, 2.75) is 53.0 Å². The van der Waals surface area contributed by atoms with Crippen molar-refractivity contribution in [1.82, 2.24) is 14.0 Å². The summed E-state index contributed by atoms with van der Waals surface area (Å²) in [6, 6.07) is 53.4. The second kappa shape index (κ2) is 13.0. The lowest BCUT2D eigenvalue weighted by atomic mass is 9.74. The molecule has 0 radical (unpaired) electrons. The van der Waals surface area contributed by atoms with Gasteiger partial charge in [0.1, 0.15) is 19.6 Å². The fourth-order valence-corrected chi connectivity index (χ4v) is 13.1. The highest BCUT2D eigenvalue weighted by Gasteiger charge is 2.40. The van der Waals surface area contributed by atoms with Gasteiger partial charge >= 0.3 is 0 Å². The quantitative estimate of drug-likeness (QED) is 0.163. The van der Waals surface area contributed by atoms with Crippen molar-refractivity contribution in [2.24, 2.45) is 0 Å². The first-order chi connectivity index (χ1) is 32.4. The van der Waals surface area contributed by atoms with E-state index in [1.54, 1.807) is 12.1 Å². The third kappa shape index (κ3) is 5.15. The van der Waals surface area contributed by atoms with Gasteiger partial charge in [-0.25, -0.2) is 4.98 Å². The molecule has 0 saturated carbocycles. The predicted octanol–water partition coefficient (Wildman–Crippen LogP) is 13.9. The second-order valence-corrected chi connectivity index (χ2v) is 22.7. The molecule has 1 aliphatic heterocycles. The SMILES string of the molecule is [2H]C([2H])([2H])c1ccc2c(c1)Oc1c(cc(-n3c4ccccc4n4c5ccccc5nc34)c(C([2H])([2H])[2H])c1-c1cc3c(cc1C(C)(C)C)-c1ccccc1-c1ccccc1-c1ccccc1-3)[Si]2(C)C. The van der Waals surface area contributed by atoms with E-state index in [0.29, 0.717) is 28.5 Å². The largest absolute Gasteiger partial charge is 0.457 e. The zero-order chi connectivity index (χ0) is 47.2. The minimum absolute atomic E-state index is 0.127. The fraction of sp³-hybridized carbons (Fsp3) is 0.140. The Morgan fingerprint density at radius 1 is 0.548 bits per heavy atom. The summed E-state index contributed by atoms with van der Waals surface area (Å²) in [6.07, 6.45) is 0. The Hall–Kier alpha value is -6.95. The van der Waals surface area contributed by atoms with Gasteiger partial charge in [0, 0.05) is 13.8 Å². The summed E-state index contributed by atoms with van der Waals surface area (Å²) in [4.78, 5) is 5.24. The molecule has 0 fully saturated rings. The molecular weight excluding hydrogens is 771 g/mol. The van der Waals surface area contributed by atoms with Gasteiger partial charge in [-0.15, -0.1) is 0 Å². The maximum absolute atomic E-state index is 9.75. The van der Waals surface area contributed by atoms with Crippen molar-refractivity contribution in [1.29, 1.82) is 0 Å². The molecule has 300 valence electrons. The number of fused-ring (bicyclic) bond motifs is 15. The van der Waals surface area contributed by atoms with E-state index in [4.69, 9.17) is 13.8 Å². The van der Waals surface area contributed by atoms with Crippen molar-refractivity contribution in [3.8, 4) is 72.8 Å². The molecule has 0 amide bonds. The van der Waals surface area contributed by atoms with Gasteiger partial charge in [-0.2, -0.15) is 0 Å². The number of imidazole rings is 2. The molecule has 1 aliphatic carbocycles. The number of rotatable bonds is 2. The highest BCUT2D eigenvalue weighted by molar-refractivity contribution is 7.01. The van der Waals surface area contributed by atoms with Crippen LogP contribution >= 0.6 is 0 Å².